The van der Waals surface area contributed by atoms with Crippen LogP contribution in [0.15, 0.2) is 249 Å². The van der Waals surface area contributed by atoms with Crippen LogP contribution in [0.1, 0.15) is 0 Å². The van der Waals surface area contributed by atoms with Crippen molar-refractivity contribution < 1.29 is 0 Å². The van der Waals surface area contributed by atoms with Crippen LogP contribution in [0.4, 0.5) is 0 Å². The Morgan fingerprint density at radius 2 is 0.822 bits per heavy atom. The second kappa shape index (κ2) is 15.3. The summed E-state index contributed by atoms with van der Waals surface area (Å²) >= 11 is 0. The predicted octanol–water partition coefficient (Wildman–Crippen LogP) is 17.7. The molecule has 0 aliphatic rings. The predicted molar refractivity (Wildman–Crippen MR) is 306 cm³/mol. The Balaban J connectivity index is 0.895. The van der Waals surface area contributed by atoms with Crippen molar-refractivity contribution in [1.82, 2.24) is 23.7 Å². The van der Waals surface area contributed by atoms with E-state index in [1.807, 2.05) is 12.1 Å². The monoisotopic (exact) mass is 927 g/mol. The zero-order valence-electron chi connectivity index (χ0n) is 39.4. The molecule has 4 aromatic heterocycles. The van der Waals surface area contributed by atoms with Gasteiger partial charge in [0, 0.05) is 65.6 Å². The Morgan fingerprint density at radius 1 is 0.260 bits per heavy atom. The van der Waals surface area contributed by atoms with Gasteiger partial charge in [-0.15, -0.1) is 0 Å². The maximum absolute atomic E-state index is 5.50. The molecule has 0 saturated carbocycles. The number of nitrogens with zero attached hydrogens (tertiary/aromatic N) is 5. The molecule has 4 heterocycles. The summed E-state index contributed by atoms with van der Waals surface area (Å²) in [5, 5.41) is 14.5. The minimum atomic E-state index is 0.847. The van der Waals surface area contributed by atoms with Crippen molar-refractivity contribution in [1.29, 1.82) is 0 Å². The van der Waals surface area contributed by atoms with Crippen molar-refractivity contribution in [3.8, 4) is 39.6 Å². The summed E-state index contributed by atoms with van der Waals surface area (Å²) in [4.78, 5) is 11.0. The third kappa shape index (κ3) is 5.85. The molecule has 0 saturated heterocycles. The van der Waals surface area contributed by atoms with E-state index in [1.54, 1.807) is 0 Å². The number of hydrogen-bond acceptors (Lipinski definition) is 2. The van der Waals surface area contributed by atoms with Gasteiger partial charge in [-0.3, -0.25) is 0 Å². The zero-order chi connectivity index (χ0) is 47.7. The van der Waals surface area contributed by atoms with Crippen molar-refractivity contribution in [2.75, 3.05) is 0 Å². The molecule has 0 spiro atoms. The van der Waals surface area contributed by atoms with E-state index in [-0.39, 0.29) is 0 Å². The minimum absolute atomic E-state index is 0.847. The maximum Gasteiger partial charge on any atom is 0.0979 e. The second-order valence-corrected chi connectivity index (χ2v) is 19.3. The van der Waals surface area contributed by atoms with Crippen LogP contribution in [0.25, 0.3) is 148 Å². The lowest BCUT2D eigenvalue weighted by Crippen LogP contribution is -1.99. The largest absolute Gasteiger partial charge is 0.309 e. The highest BCUT2D eigenvalue weighted by Crippen LogP contribution is 2.44. The lowest BCUT2D eigenvalue weighted by atomic mass is 9.96. The van der Waals surface area contributed by atoms with Crippen LogP contribution >= 0.6 is 0 Å². The van der Waals surface area contributed by atoms with E-state index >= 15 is 0 Å². The van der Waals surface area contributed by atoms with E-state index in [2.05, 4.69) is 250 Å². The van der Waals surface area contributed by atoms with Crippen LogP contribution in [0, 0.1) is 0 Å². The highest BCUT2D eigenvalue weighted by atomic mass is 15.0. The standard InChI is InChI=1S/C68H41N5/c1-2-17-46(18-3-1)71-60-27-13-8-22-51(60)54-34-32-44(41-64(54)71)66-67(70-59-26-12-11-25-58(59)69-66)55-36-37-63(50-21-7-6-20-49(50)55)73-62-29-15-10-24-53(62)57-39-45-38-47(33-30-43(45)40-65(57)73)72-61-28-14-9-23-52(61)56-35-31-42-16-4-5-19-48(42)68(56)72/h1-41H. The van der Waals surface area contributed by atoms with Crippen molar-refractivity contribution in [3.05, 3.63) is 249 Å². The summed E-state index contributed by atoms with van der Waals surface area (Å²) < 4.78 is 7.29. The number of rotatable bonds is 5. The summed E-state index contributed by atoms with van der Waals surface area (Å²) in [6.07, 6.45) is 0. The second-order valence-electron chi connectivity index (χ2n) is 19.3. The van der Waals surface area contributed by atoms with Crippen molar-refractivity contribution >= 4 is 109 Å². The number of benzene rings is 12. The fourth-order valence-electron chi connectivity index (χ4n) is 12.1. The minimum Gasteiger partial charge on any atom is -0.309 e. The van der Waals surface area contributed by atoms with Gasteiger partial charge in [0.2, 0.25) is 0 Å². The number of aromatic nitrogens is 5. The smallest absolute Gasteiger partial charge is 0.0979 e. The fraction of sp³-hybridized carbons (Fsp3) is 0. The van der Waals surface area contributed by atoms with E-state index in [9.17, 15) is 0 Å². The van der Waals surface area contributed by atoms with Gasteiger partial charge in [-0.25, -0.2) is 9.97 Å². The molecule has 5 heteroatoms. The molecule has 0 fully saturated rings. The molecule has 0 atom stereocenters. The van der Waals surface area contributed by atoms with Crippen LogP contribution in [-0.4, -0.2) is 23.7 Å². The van der Waals surface area contributed by atoms with Gasteiger partial charge < -0.3 is 13.7 Å². The molecule has 73 heavy (non-hydrogen) atoms. The van der Waals surface area contributed by atoms with Crippen LogP contribution in [-0.2, 0) is 0 Å². The molecule has 0 amide bonds. The van der Waals surface area contributed by atoms with E-state index in [1.165, 1.54) is 70.4 Å². The molecule has 338 valence electrons. The van der Waals surface area contributed by atoms with Crippen LogP contribution in [0.5, 0.6) is 0 Å². The molecule has 5 nitrogen and oxygen atoms in total. The summed E-state index contributed by atoms with van der Waals surface area (Å²) in [5.74, 6) is 0. The van der Waals surface area contributed by atoms with Gasteiger partial charge >= 0.3 is 0 Å². The van der Waals surface area contributed by atoms with Gasteiger partial charge in [0.05, 0.1) is 61.2 Å². The first-order valence-corrected chi connectivity index (χ1v) is 25.0. The normalized spacial score (nSPS) is 12.1. The first-order chi connectivity index (χ1) is 36.2. The van der Waals surface area contributed by atoms with E-state index in [4.69, 9.17) is 9.97 Å². The molecule has 0 aliphatic heterocycles. The molecule has 0 N–H and O–H groups in total. The first kappa shape index (κ1) is 39.9. The van der Waals surface area contributed by atoms with Crippen LogP contribution < -0.4 is 0 Å². The Kier molecular flexibility index (Phi) is 8.39. The lowest BCUT2D eigenvalue weighted by molar-refractivity contribution is 1.18. The molecular formula is C68H41N5. The van der Waals surface area contributed by atoms with Crippen molar-refractivity contribution in [2.45, 2.75) is 0 Å². The summed E-state index contributed by atoms with van der Waals surface area (Å²) in [6.45, 7) is 0. The lowest BCUT2D eigenvalue weighted by Gasteiger charge is -2.17. The average molecular weight is 928 g/mol. The maximum atomic E-state index is 5.50. The van der Waals surface area contributed by atoms with Gasteiger partial charge in [-0.1, -0.05) is 164 Å². The highest BCUT2D eigenvalue weighted by Gasteiger charge is 2.22. The highest BCUT2D eigenvalue weighted by molar-refractivity contribution is 6.20. The Hall–Kier alpha value is -9.84. The van der Waals surface area contributed by atoms with E-state index in [0.29, 0.717) is 0 Å². The van der Waals surface area contributed by atoms with Gasteiger partial charge in [0.25, 0.3) is 0 Å². The topological polar surface area (TPSA) is 40.6 Å². The summed E-state index contributed by atoms with van der Waals surface area (Å²) in [6, 6.07) is 90.4. The molecule has 16 aromatic rings. The van der Waals surface area contributed by atoms with Gasteiger partial charge in [0.1, 0.15) is 0 Å². The molecule has 0 aliphatic carbocycles. The Bertz CT molecular complexity index is 4980. The third-order valence-corrected chi connectivity index (χ3v) is 15.4. The van der Waals surface area contributed by atoms with Crippen LogP contribution in [0.2, 0.25) is 0 Å². The quantitative estimate of drug-likeness (QED) is 0.173. The van der Waals surface area contributed by atoms with Gasteiger partial charge in [-0.05, 0) is 106 Å². The Morgan fingerprint density at radius 3 is 1.60 bits per heavy atom. The molecule has 12 aromatic carbocycles. The number of para-hydroxylation sites is 6. The van der Waals surface area contributed by atoms with Crippen molar-refractivity contribution in [3.63, 3.8) is 0 Å². The molecule has 16 rings (SSSR count). The zero-order valence-corrected chi connectivity index (χ0v) is 39.4. The first-order valence-electron chi connectivity index (χ1n) is 25.0. The van der Waals surface area contributed by atoms with E-state index < -0.39 is 0 Å². The van der Waals surface area contributed by atoms with Gasteiger partial charge in [0.15, 0.2) is 0 Å². The Labute approximate surface area is 418 Å². The van der Waals surface area contributed by atoms with Crippen LogP contribution in [0.3, 0.4) is 0 Å². The van der Waals surface area contributed by atoms with Crippen molar-refractivity contribution in [2.24, 2.45) is 0 Å². The summed E-state index contributed by atoms with van der Waals surface area (Å²) in [7, 11) is 0. The third-order valence-electron chi connectivity index (χ3n) is 15.4. The van der Waals surface area contributed by atoms with E-state index in [0.717, 1.165) is 77.9 Å². The molecule has 0 radical (unpaired) electrons. The molecular weight excluding hydrogens is 887 g/mol. The summed E-state index contributed by atoms with van der Waals surface area (Å²) in [5.41, 5.74) is 15.9. The fourth-order valence-corrected chi connectivity index (χ4v) is 12.1. The SMILES string of the molecule is c1ccc(-n2c3ccccc3c3ccc(-c4nc5ccccc5nc4-c4ccc(-n5c6ccccc6c6cc7cc(-n8c9ccccc9c9ccc%10ccccc%10c98)ccc7cc65)c5ccccc45)cc32)cc1. The molecule has 0 unspecified atom stereocenters. The average Bonchev–Trinajstić information content (AvgIpc) is 4.09. The number of hydrogen-bond donors (Lipinski definition) is 0. The number of fused-ring (bicyclic) bond motifs is 14. The molecule has 0 bridgehead atoms. The van der Waals surface area contributed by atoms with Gasteiger partial charge in [-0.2, -0.15) is 0 Å².